The summed E-state index contributed by atoms with van der Waals surface area (Å²) >= 11 is 0. The summed E-state index contributed by atoms with van der Waals surface area (Å²) in [5.41, 5.74) is -1.09. The molecule has 112 valence electrons. The smallest absolute Gasteiger partial charge is 0.338 e. The first-order valence-electron chi connectivity index (χ1n) is 5.63. The first-order chi connectivity index (χ1) is 9.76. The van der Waals surface area contributed by atoms with Crippen molar-refractivity contribution in [1.29, 1.82) is 0 Å². The molecule has 0 aliphatic heterocycles. The third kappa shape index (κ3) is 4.00. The van der Waals surface area contributed by atoms with E-state index in [0.29, 0.717) is 0 Å². The maximum atomic E-state index is 11.5. The van der Waals surface area contributed by atoms with Crippen molar-refractivity contribution in [3.05, 3.63) is 27.8 Å². The van der Waals surface area contributed by atoms with Crippen LogP contribution in [0.25, 0.3) is 0 Å². The van der Waals surface area contributed by atoms with Crippen LogP contribution in [0.3, 0.4) is 0 Å². The average Bonchev–Trinajstić information content (AvgIpc) is 2.38. The third-order valence-electron chi connectivity index (χ3n) is 2.25. The van der Waals surface area contributed by atoms with Crippen molar-refractivity contribution in [2.75, 3.05) is 12.4 Å². The molecule has 0 fully saturated rings. The van der Waals surface area contributed by atoms with Crippen LogP contribution in [-0.4, -0.2) is 29.9 Å². The highest BCUT2D eigenvalue weighted by Gasteiger charge is 2.25. The van der Waals surface area contributed by atoms with Gasteiger partial charge in [-0.3, -0.25) is 19.7 Å². The van der Waals surface area contributed by atoms with Crippen LogP contribution in [0, 0.1) is 10.1 Å². The van der Waals surface area contributed by atoms with Gasteiger partial charge in [-0.25, -0.2) is 4.79 Å². The molecule has 0 aliphatic carbocycles. The van der Waals surface area contributed by atoms with Gasteiger partial charge in [-0.15, -0.1) is 0 Å². The number of esters is 2. The van der Waals surface area contributed by atoms with Gasteiger partial charge in [-0.2, -0.15) is 0 Å². The molecular weight excluding hydrogens is 284 g/mol. The molecule has 0 unspecified atom stereocenters. The zero-order valence-electron chi connectivity index (χ0n) is 11.5. The molecule has 0 saturated heterocycles. The molecule has 1 aromatic rings. The second-order valence-electron chi connectivity index (χ2n) is 3.89. The van der Waals surface area contributed by atoms with Gasteiger partial charge in [0.25, 0.3) is 5.69 Å². The van der Waals surface area contributed by atoms with Gasteiger partial charge in [0, 0.05) is 19.9 Å². The number of anilines is 1. The zero-order chi connectivity index (χ0) is 16.2. The van der Waals surface area contributed by atoms with Gasteiger partial charge in [0.2, 0.25) is 5.91 Å². The Labute approximate surface area is 119 Å². The summed E-state index contributed by atoms with van der Waals surface area (Å²) in [7, 11) is 1.10. The standard InChI is InChI=1S/C12H12N2O7/c1-6(15)13-11-9(14(18)19)4-8(12(17)20-3)5-10(11)21-7(2)16/h4-5H,1-3H3,(H,13,15). The molecule has 21 heavy (non-hydrogen) atoms. The number of ether oxygens (including phenoxy) is 2. The van der Waals surface area contributed by atoms with Gasteiger partial charge >= 0.3 is 11.9 Å². The van der Waals surface area contributed by atoms with Crippen LogP contribution < -0.4 is 10.1 Å². The molecule has 0 heterocycles. The van der Waals surface area contributed by atoms with Crippen LogP contribution in [0.5, 0.6) is 5.75 Å². The van der Waals surface area contributed by atoms with Crippen molar-refractivity contribution in [3.63, 3.8) is 0 Å². The molecule has 0 atom stereocenters. The molecule has 1 N–H and O–H groups in total. The van der Waals surface area contributed by atoms with Crippen molar-refractivity contribution in [2.45, 2.75) is 13.8 Å². The Bertz CT molecular complexity index is 624. The van der Waals surface area contributed by atoms with E-state index in [1.165, 1.54) is 0 Å². The van der Waals surface area contributed by atoms with Crippen molar-refractivity contribution in [1.82, 2.24) is 0 Å². The number of hydrogen-bond acceptors (Lipinski definition) is 7. The van der Waals surface area contributed by atoms with Gasteiger partial charge in [-0.05, 0) is 6.07 Å². The lowest BCUT2D eigenvalue weighted by Crippen LogP contribution is -2.13. The van der Waals surface area contributed by atoms with E-state index in [1.807, 2.05) is 0 Å². The molecule has 0 saturated carbocycles. The van der Waals surface area contributed by atoms with Crippen molar-refractivity contribution in [3.8, 4) is 5.75 Å². The Kier molecular flexibility index (Phi) is 4.95. The van der Waals surface area contributed by atoms with E-state index in [4.69, 9.17) is 4.74 Å². The average molecular weight is 296 g/mol. The second kappa shape index (κ2) is 6.46. The van der Waals surface area contributed by atoms with Gasteiger partial charge in [0.15, 0.2) is 11.4 Å². The highest BCUT2D eigenvalue weighted by Crippen LogP contribution is 2.36. The molecule has 1 amide bonds. The van der Waals surface area contributed by atoms with E-state index in [9.17, 15) is 24.5 Å². The summed E-state index contributed by atoms with van der Waals surface area (Å²) < 4.78 is 9.27. The first-order valence-corrected chi connectivity index (χ1v) is 5.63. The molecule has 1 rings (SSSR count). The Hall–Kier alpha value is -2.97. The van der Waals surface area contributed by atoms with Gasteiger partial charge < -0.3 is 14.8 Å². The molecule has 9 heteroatoms. The number of hydrogen-bond donors (Lipinski definition) is 1. The minimum Gasteiger partial charge on any atom is -0.465 e. The number of nitrogens with zero attached hydrogens (tertiary/aromatic N) is 1. The van der Waals surface area contributed by atoms with E-state index in [2.05, 4.69) is 10.1 Å². The number of amides is 1. The number of nitro groups is 1. The fourth-order valence-electron chi connectivity index (χ4n) is 1.52. The van der Waals surface area contributed by atoms with Crippen LogP contribution >= 0.6 is 0 Å². The lowest BCUT2D eigenvalue weighted by Gasteiger charge is -2.11. The van der Waals surface area contributed by atoms with Crippen LogP contribution in [0.2, 0.25) is 0 Å². The fraction of sp³-hybridized carbons (Fsp3) is 0.250. The van der Waals surface area contributed by atoms with E-state index < -0.39 is 28.5 Å². The van der Waals surface area contributed by atoms with Crippen LogP contribution in [0.4, 0.5) is 11.4 Å². The van der Waals surface area contributed by atoms with Crippen LogP contribution in [0.1, 0.15) is 24.2 Å². The highest BCUT2D eigenvalue weighted by atomic mass is 16.6. The predicted octanol–water partition coefficient (Wildman–Crippen LogP) is 1.27. The van der Waals surface area contributed by atoms with Crippen LogP contribution in [0.15, 0.2) is 12.1 Å². The molecular formula is C12H12N2O7. The summed E-state index contributed by atoms with van der Waals surface area (Å²) in [6.07, 6.45) is 0. The van der Waals surface area contributed by atoms with Crippen molar-refractivity contribution in [2.24, 2.45) is 0 Å². The summed E-state index contributed by atoms with van der Waals surface area (Å²) in [5.74, 6) is -2.52. The molecule has 0 spiro atoms. The number of methoxy groups -OCH3 is 1. The number of benzene rings is 1. The van der Waals surface area contributed by atoms with E-state index in [-0.39, 0.29) is 17.0 Å². The lowest BCUT2D eigenvalue weighted by atomic mass is 10.1. The second-order valence-corrected chi connectivity index (χ2v) is 3.89. The van der Waals surface area contributed by atoms with Gasteiger partial charge in [0.1, 0.15) is 0 Å². The van der Waals surface area contributed by atoms with Crippen molar-refractivity contribution < 1.29 is 28.8 Å². The SMILES string of the molecule is COC(=O)c1cc(OC(C)=O)c(NC(C)=O)c([N+](=O)[O-])c1. The number of carbonyl (C=O) groups is 3. The van der Waals surface area contributed by atoms with Crippen molar-refractivity contribution >= 4 is 29.2 Å². The van der Waals surface area contributed by atoms with E-state index in [0.717, 1.165) is 33.1 Å². The van der Waals surface area contributed by atoms with Gasteiger partial charge in [0.05, 0.1) is 17.6 Å². The fourth-order valence-corrected chi connectivity index (χ4v) is 1.52. The topological polar surface area (TPSA) is 125 Å². The first kappa shape index (κ1) is 16.1. The Morgan fingerprint density at radius 3 is 2.29 bits per heavy atom. The summed E-state index contributed by atoms with van der Waals surface area (Å²) in [6.45, 7) is 2.21. The number of nitrogens with one attached hydrogen (secondary N) is 1. The molecule has 0 bridgehead atoms. The Balaban J connectivity index is 3.56. The minimum atomic E-state index is -0.846. The Morgan fingerprint density at radius 2 is 1.86 bits per heavy atom. The summed E-state index contributed by atoms with van der Waals surface area (Å²) in [6, 6.07) is 2.00. The normalized spacial score (nSPS) is 9.67. The quantitative estimate of drug-likeness (QED) is 0.383. The number of carbonyl (C=O) groups excluding carboxylic acids is 3. The molecule has 0 aromatic heterocycles. The zero-order valence-corrected chi connectivity index (χ0v) is 11.5. The van der Waals surface area contributed by atoms with Crippen LogP contribution in [-0.2, 0) is 14.3 Å². The molecule has 0 radical (unpaired) electrons. The maximum Gasteiger partial charge on any atom is 0.338 e. The highest BCUT2D eigenvalue weighted by molar-refractivity contribution is 5.98. The van der Waals surface area contributed by atoms with E-state index >= 15 is 0 Å². The number of nitro benzene ring substituents is 1. The summed E-state index contributed by atoms with van der Waals surface area (Å²) in [4.78, 5) is 43.9. The molecule has 1 aromatic carbocycles. The van der Waals surface area contributed by atoms with E-state index in [1.54, 1.807) is 0 Å². The molecule has 9 nitrogen and oxygen atoms in total. The maximum absolute atomic E-state index is 11.5. The molecule has 0 aliphatic rings. The summed E-state index contributed by atoms with van der Waals surface area (Å²) in [5, 5.41) is 13.3. The third-order valence-corrected chi connectivity index (χ3v) is 2.25. The monoisotopic (exact) mass is 296 g/mol. The largest absolute Gasteiger partial charge is 0.465 e. The van der Waals surface area contributed by atoms with Gasteiger partial charge in [-0.1, -0.05) is 0 Å². The Morgan fingerprint density at radius 1 is 1.24 bits per heavy atom. The lowest BCUT2D eigenvalue weighted by molar-refractivity contribution is -0.384. The predicted molar refractivity (Wildman–Crippen MR) is 70.0 cm³/mol. The number of rotatable bonds is 4. The minimum absolute atomic E-state index is 0.186.